The predicted molar refractivity (Wildman–Crippen MR) is 125 cm³/mol. The molecule has 0 atom stereocenters. The first kappa shape index (κ1) is 21.9. The first-order valence-corrected chi connectivity index (χ1v) is 10.4. The maximum atomic E-state index is 12.9. The van der Waals surface area contributed by atoms with Gasteiger partial charge < -0.3 is 20.1 Å². The molecule has 0 unspecified atom stereocenters. The maximum Gasteiger partial charge on any atom is 0.329 e. The third-order valence-electron chi connectivity index (χ3n) is 5.16. The number of urea groups is 1. The first-order chi connectivity index (χ1) is 16.0. The van der Waals surface area contributed by atoms with Crippen molar-refractivity contribution in [3.63, 3.8) is 0 Å². The quantitative estimate of drug-likeness (QED) is 0.426. The van der Waals surface area contributed by atoms with E-state index < -0.39 is 24.4 Å². The van der Waals surface area contributed by atoms with Gasteiger partial charge in [-0.25, -0.2) is 9.69 Å². The molecule has 33 heavy (non-hydrogen) atoms. The number of imide groups is 1. The van der Waals surface area contributed by atoms with Crippen LogP contribution in [-0.4, -0.2) is 43.0 Å². The Hall–Kier alpha value is -4.33. The first-order valence-electron chi connectivity index (χ1n) is 10.4. The van der Waals surface area contributed by atoms with Gasteiger partial charge in [0.05, 0.1) is 19.4 Å². The molecule has 4 rings (SSSR count). The molecule has 168 valence electrons. The molecule has 1 saturated heterocycles. The maximum absolute atomic E-state index is 12.9. The average Bonchev–Trinajstić information content (AvgIpc) is 3.08. The van der Waals surface area contributed by atoms with E-state index >= 15 is 0 Å². The summed E-state index contributed by atoms with van der Waals surface area (Å²) in [4.78, 5) is 38.7. The summed E-state index contributed by atoms with van der Waals surface area (Å²) in [6.07, 6.45) is 1.61. The SMILES string of the molecule is CCOc1ccc(/C=C2/NC(=O)N(CC(=O)Nc3ccccc3OC)C2=O)c2ccccc12. The standard InChI is InChI=1S/C25H23N3O5/c1-3-33-21-13-12-16(17-8-4-5-9-18(17)21)14-20-24(30)28(25(31)27-20)15-23(29)26-19-10-6-7-11-22(19)32-2/h4-14H,3,15H2,1-2H3,(H,26,29)(H,27,31)/b20-14+. The lowest BCUT2D eigenvalue weighted by Gasteiger charge is -2.13. The number of hydrogen-bond acceptors (Lipinski definition) is 5. The number of hydrogen-bond donors (Lipinski definition) is 2. The van der Waals surface area contributed by atoms with Crippen LogP contribution in [0.25, 0.3) is 16.8 Å². The van der Waals surface area contributed by atoms with Crippen LogP contribution in [0.5, 0.6) is 11.5 Å². The molecular weight excluding hydrogens is 422 g/mol. The molecule has 0 aliphatic carbocycles. The second-order valence-corrected chi connectivity index (χ2v) is 7.26. The van der Waals surface area contributed by atoms with Crippen molar-refractivity contribution in [2.45, 2.75) is 6.92 Å². The fraction of sp³-hybridized carbons (Fsp3) is 0.160. The van der Waals surface area contributed by atoms with Crippen molar-refractivity contribution in [1.82, 2.24) is 10.2 Å². The summed E-state index contributed by atoms with van der Waals surface area (Å²) in [6, 6.07) is 17.6. The fourth-order valence-electron chi connectivity index (χ4n) is 3.65. The summed E-state index contributed by atoms with van der Waals surface area (Å²) in [7, 11) is 1.49. The Balaban J connectivity index is 1.55. The Bertz CT molecular complexity index is 1270. The minimum Gasteiger partial charge on any atom is -0.495 e. The Morgan fingerprint density at radius 1 is 1.00 bits per heavy atom. The molecule has 1 aliphatic rings. The topological polar surface area (TPSA) is 97.0 Å². The number of rotatable bonds is 7. The number of anilines is 1. The lowest BCUT2D eigenvalue weighted by atomic mass is 10.0. The molecule has 1 fully saturated rings. The molecule has 1 aliphatic heterocycles. The van der Waals surface area contributed by atoms with Gasteiger partial charge in [0.25, 0.3) is 5.91 Å². The highest BCUT2D eigenvalue weighted by Gasteiger charge is 2.35. The predicted octanol–water partition coefficient (Wildman–Crippen LogP) is 3.78. The van der Waals surface area contributed by atoms with Crippen molar-refractivity contribution < 1.29 is 23.9 Å². The molecule has 3 aromatic rings. The van der Waals surface area contributed by atoms with Crippen LogP contribution in [0.3, 0.4) is 0 Å². The van der Waals surface area contributed by atoms with Gasteiger partial charge in [0.1, 0.15) is 23.7 Å². The molecule has 0 aromatic heterocycles. The number of ether oxygens (including phenoxy) is 2. The Morgan fingerprint density at radius 2 is 1.73 bits per heavy atom. The summed E-state index contributed by atoms with van der Waals surface area (Å²) in [5.41, 5.74) is 1.30. The van der Waals surface area contributed by atoms with Crippen molar-refractivity contribution in [3.8, 4) is 11.5 Å². The van der Waals surface area contributed by atoms with Gasteiger partial charge in [-0.15, -0.1) is 0 Å². The third kappa shape index (κ3) is 4.50. The lowest BCUT2D eigenvalue weighted by molar-refractivity contribution is -0.127. The highest BCUT2D eigenvalue weighted by atomic mass is 16.5. The van der Waals surface area contributed by atoms with Gasteiger partial charge in [-0.2, -0.15) is 0 Å². The summed E-state index contributed by atoms with van der Waals surface area (Å²) in [5.74, 6) is 0.126. The van der Waals surface area contributed by atoms with Crippen molar-refractivity contribution in [2.75, 3.05) is 25.6 Å². The number of nitrogens with zero attached hydrogens (tertiary/aromatic N) is 1. The summed E-state index contributed by atoms with van der Waals surface area (Å²) in [6.45, 7) is 2.02. The van der Waals surface area contributed by atoms with Crippen LogP contribution in [0.15, 0.2) is 66.4 Å². The average molecular weight is 445 g/mol. The van der Waals surface area contributed by atoms with Crippen LogP contribution in [0.4, 0.5) is 10.5 Å². The van der Waals surface area contributed by atoms with Crippen LogP contribution >= 0.6 is 0 Å². The molecule has 3 aromatic carbocycles. The van der Waals surface area contributed by atoms with Crippen LogP contribution in [-0.2, 0) is 9.59 Å². The molecular formula is C25H23N3O5. The normalized spacial score (nSPS) is 14.5. The zero-order chi connectivity index (χ0) is 23.4. The van der Waals surface area contributed by atoms with Crippen LogP contribution < -0.4 is 20.1 Å². The summed E-state index contributed by atoms with van der Waals surface area (Å²) >= 11 is 0. The number of amides is 4. The fourth-order valence-corrected chi connectivity index (χ4v) is 3.65. The highest BCUT2D eigenvalue weighted by Crippen LogP contribution is 2.30. The summed E-state index contributed by atoms with van der Waals surface area (Å²) < 4.78 is 10.9. The minimum absolute atomic E-state index is 0.0967. The van der Waals surface area contributed by atoms with Crippen LogP contribution in [0.1, 0.15) is 12.5 Å². The molecule has 0 radical (unpaired) electrons. The molecule has 8 heteroatoms. The van der Waals surface area contributed by atoms with E-state index in [1.807, 2.05) is 43.3 Å². The highest BCUT2D eigenvalue weighted by molar-refractivity contribution is 6.16. The number of benzene rings is 3. The molecule has 0 saturated carbocycles. The van der Waals surface area contributed by atoms with E-state index in [1.165, 1.54) is 7.11 Å². The van der Waals surface area contributed by atoms with E-state index in [0.717, 1.165) is 27.0 Å². The van der Waals surface area contributed by atoms with Crippen molar-refractivity contribution in [3.05, 3.63) is 71.9 Å². The van der Waals surface area contributed by atoms with E-state index in [0.29, 0.717) is 18.0 Å². The second-order valence-electron chi connectivity index (χ2n) is 7.26. The Morgan fingerprint density at radius 3 is 2.48 bits per heavy atom. The van der Waals surface area contributed by atoms with E-state index in [9.17, 15) is 14.4 Å². The number of methoxy groups -OCH3 is 1. The molecule has 0 bridgehead atoms. The van der Waals surface area contributed by atoms with E-state index in [2.05, 4.69) is 10.6 Å². The smallest absolute Gasteiger partial charge is 0.329 e. The second kappa shape index (κ2) is 9.44. The van der Waals surface area contributed by atoms with Gasteiger partial charge >= 0.3 is 6.03 Å². The van der Waals surface area contributed by atoms with Gasteiger partial charge in [0.2, 0.25) is 5.91 Å². The Kier molecular flexibility index (Phi) is 6.26. The van der Waals surface area contributed by atoms with E-state index in [-0.39, 0.29) is 5.70 Å². The van der Waals surface area contributed by atoms with E-state index in [1.54, 1.807) is 30.3 Å². The molecule has 0 spiro atoms. The van der Waals surface area contributed by atoms with Crippen LogP contribution in [0, 0.1) is 0 Å². The molecule has 1 heterocycles. The summed E-state index contributed by atoms with van der Waals surface area (Å²) in [5, 5.41) is 7.01. The number of carbonyl (C=O) groups excluding carboxylic acids is 3. The van der Waals surface area contributed by atoms with Crippen LogP contribution in [0.2, 0.25) is 0 Å². The largest absolute Gasteiger partial charge is 0.495 e. The van der Waals surface area contributed by atoms with Gasteiger partial charge in [-0.05, 0) is 42.1 Å². The number of para-hydroxylation sites is 2. The monoisotopic (exact) mass is 445 g/mol. The zero-order valence-corrected chi connectivity index (χ0v) is 18.3. The number of fused-ring (bicyclic) bond motifs is 1. The van der Waals surface area contributed by atoms with Gasteiger partial charge in [0, 0.05) is 5.39 Å². The third-order valence-corrected chi connectivity index (χ3v) is 5.16. The molecule has 2 N–H and O–H groups in total. The van der Waals surface area contributed by atoms with Gasteiger partial charge in [0.15, 0.2) is 0 Å². The van der Waals surface area contributed by atoms with Gasteiger partial charge in [-0.1, -0.05) is 42.5 Å². The molecule has 8 nitrogen and oxygen atoms in total. The van der Waals surface area contributed by atoms with E-state index in [4.69, 9.17) is 9.47 Å². The number of carbonyl (C=O) groups is 3. The van der Waals surface area contributed by atoms with Crippen molar-refractivity contribution in [1.29, 1.82) is 0 Å². The lowest BCUT2D eigenvalue weighted by Crippen LogP contribution is -2.38. The molecule has 4 amide bonds. The zero-order valence-electron chi connectivity index (χ0n) is 18.3. The van der Waals surface area contributed by atoms with Gasteiger partial charge in [-0.3, -0.25) is 9.59 Å². The van der Waals surface area contributed by atoms with Crippen molar-refractivity contribution in [2.24, 2.45) is 0 Å². The minimum atomic E-state index is -0.656. The van der Waals surface area contributed by atoms with Crippen molar-refractivity contribution >= 4 is 40.4 Å². The Labute approximate surface area is 190 Å². The number of nitrogens with one attached hydrogen (secondary N) is 2.